The molecule has 224 valence electrons. The summed E-state index contributed by atoms with van der Waals surface area (Å²) in [6.07, 6.45) is 3.13. The molecule has 0 amide bonds. The number of rotatable bonds is 19. The van der Waals surface area contributed by atoms with Gasteiger partial charge in [-0.1, -0.05) is 115 Å². The molecule has 0 fully saturated rings. The zero-order valence-corrected chi connectivity index (χ0v) is 25.0. The van der Waals surface area contributed by atoms with E-state index in [2.05, 4.69) is 54.9 Å². The van der Waals surface area contributed by atoms with E-state index in [1.165, 1.54) is 5.56 Å². The van der Waals surface area contributed by atoms with Gasteiger partial charge >= 0.3 is 0 Å². The van der Waals surface area contributed by atoms with Gasteiger partial charge in [-0.2, -0.15) is 0 Å². The van der Waals surface area contributed by atoms with E-state index in [9.17, 15) is 0 Å². The molecule has 0 unspecified atom stereocenters. The highest BCUT2D eigenvalue weighted by Crippen LogP contribution is 2.24. The summed E-state index contributed by atoms with van der Waals surface area (Å²) in [5.74, 6) is 0.805. The predicted molar refractivity (Wildman–Crippen MR) is 174 cm³/mol. The molecule has 5 nitrogen and oxygen atoms in total. The van der Waals surface area contributed by atoms with Crippen molar-refractivity contribution in [3.63, 3.8) is 0 Å². The third-order valence-corrected chi connectivity index (χ3v) is 7.28. The van der Waals surface area contributed by atoms with Gasteiger partial charge in [-0.15, -0.1) is 13.2 Å². The molecule has 0 heterocycles. The summed E-state index contributed by atoms with van der Waals surface area (Å²) in [7, 11) is 1.67. The van der Waals surface area contributed by atoms with Gasteiger partial charge in [-0.3, -0.25) is 0 Å². The summed E-state index contributed by atoms with van der Waals surface area (Å²) < 4.78 is 25.3. The number of hydrogen-bond acceptors (Lipinski definition) is 5. The molecule has 0 aliphatic heterocycles. The Balaban J connectivity index is 1.63. The maximum atomic E-state index is 6.79. The van der Waals surface area contributed by atoms with Crippen LogP contribution in [0, 0.1) is 0 Å². The highest BCUT2D eigenvalue weighted by Gasteiger charge is 2.36. The van der Waals surface area contributed by atoms with Crippen LogP contribution in [0.1, 0.15) is 28.7 Å². The maximum absolute atomic E-state index is 6.79. The topological polar surface area (TPSA) is 49.0 Å². The van der Waals surface area contributed by atoms with E-state index >= 15 is 0 Å². The van der Waals surface area contributed by atoms with Gasteiger partial charge in [-0.05, 0) is 40.8 Å². The van der Waals surface area contributed by atoms with E-state index < -0.39 is 18.3 Å². The van der Waals surface area contributed by atoms with Crippen molar-refractivity contribution in [1.82, 2.24) is 5.32 Å². The fourth-order valence-electron chi connectivity index (χ4n) is 4.92. The molecule has 4 atom stereocenters. The third kappa shape index (κ3) is 10.3. The lowest BCUT2D eigenvalue weighted by Crippen LogP contribution is -2.52. The molecule has 4 rings (SSSR count). The molecule has 0 spiro atoms. The zero-order chi connectivity index (χ0) is 30.1. The lowest BCUT2D eigenvalue weighted by molar-refractivity contribution is -0.147. The first-order valence-electron chi connectivity index (χ1n) is 14.8. The number of nitrogens with one attached hydrogen (secondary N) is 1. The highest BCUT2D eigenvalue weighted by molar-refractivity contribution is 5.26. The Kier molecular flexibility index (Phi) is 13.2. The average Bonchev–Trinajstić information content (AvgIpc) is 3.07. The highest BCUT2D eigenvalue weighted by atomic mass is 16.6. The average molecular weight is 578 g/mol. The summed E-state index contributed by atoms with van der Waals surface area (Å²) in [5.41, 5.74) is 4.38. The van der Waals surface area contributed by atoms with Gasteiger partial charge in [0.05, 0.1) is 26.9 Å². The minimum atomic E-state index is -0.465. The summed E-state index contributed by atoms with van der Waals surface area (Å²) in [6.45, 7) is 10.1. The molecule has 1 N–H and O–H groups in total. The van der Waals surface area contributed by atoms with Crippen LogP contribution in [-0.2, 0) is 40.6 Å². The quantitative estimate of drug-likeness (QED) is 0.116. The van der Waals surface area contributed by atoms with Gasteiger partial charge in [0.25, 0.3) is 0 Å². The molecule has 0 saturated carbocycles. The molecule has 0 radical (unpaired) electrons. The van der Waals surface area contributed by atoms with Crippen molar-refractivity contribution < 1.29 is 18.9 Å². The van der Waals surface area contributed by atoms with Gasteiger partial charge in [0, 0.05) is 12.6 Å². The van der Waals surface area contributed by atoms with Gasteiger partial charge in [0.15, 0.2) is 0 Å². The van der Waals surface area contributed by atoms with E-state index in [1.807, 2.05) is 91.0 Å². The van der Waals surface area contributed by atoms with Crippen LogP contribution >= 0.6 is 0 Å². The van der Waals surface area contributed by atoms with Crippen LogP contribution < -0.4 is 10.1 Å². The second-order valence-electron chi connectivity index (χ2n) is 10.4. The van der Waals surface area contributed by atoms with Crippen molar-refractivity contribution >= 4 is 0 Å². The standard InChI is InChI=1S/C38H43NO4/c1-4-15-35(39-26-30-16-9-6-10-17-30)37(42-29-33-22-24-34(40-3)25-23-33)38(43-28-32-20-13-8-14-21-32)36(5-2)41-27-31-18-11-7-12-19-31/h4-14,16-25,35-39H,1-2,15,26-29H2,3H3/t35-,36-,37+,38+/m1/s1. The van der Waals surface area contributed by atoms with E-state index in [4.69, 9.17) is 18.9 Å². The van der Waals surface area contributed by atoms with Crippen molar-refractivity contribution in [2.75, 3.05) is 7.11 Å². The Labute approximate surface area is 256 Å². The molecule has 0 aromatic heterocycles. The maximum Gasteiger partial charge on any atom is 0.118 e. The first-order chi connectivity index (χ1) is 21.2. The Hall–Kier alpha value is -4.00. The Bertz CT molecular complexity index is 1330. The van der Waals surface area contributed by atoms with Gasteiger partial charge in [0.1, 0.15) is 24.1 Å². The lowest BCUT2D eigenvalue weighted by Gasteiger charge is -2.37. The monoisotopic (exact) mass is 577 g/mol. The first-order valence-corrected chi connectivity index (χ1v) is 14.8. The first kappa shape index (κ1) is 31.9. The van der Waals surface area contributed by atoms with Gasteiger partial charge in [-0.25, -0.2) is 0 Å². The molecular weight excluding hydrogens is 534 g/mol. The fraction of sp³-hybridized carbons (Fsp3) is 0.263. The molecule has 5 heteroatoms. The van der Waals surface area contributed by atoms with Crippen molar-refractivity contribution in [1.29, 1.82) is 0 Å². The second-order valence-corrected chi connectivity index (χ2v) is 10.4. The van der Waals surface area contributed by atoms with Crippen LogP contribution in [0.5, 0.6) is 5.75 Å². The molecule has 0 aliphatic rings. The van der Waals surface area contributed by atoms with E-state index in [0.29, 0.717) is 32.8 Å². The van der Waals surface area contributed by atoms with Crippen LogP contribution in [0.25, 0.3) is 0 Å². The predicted octanol–water partition coefficient (Wildman–Crippen LogP) is 7.67. The Morgan fingerprint density at radius 2 is 1.09 bits per heavy atom. The molecule has 0 saturated heterocycles. The smallest absolute Gasteiger partial charge is 0.118 e. The molecule has 43 heavy (non-hydrogen) atoms. The second kappa shape index (κ2) is 17.8. The van der Waals surface area contributed by atoms with Crippen molar-refractivity contribution in [2.24, 2.45) is 0 Å². The Morgan fingerprint density at radius 3 is 1.60 bits per heavy atom. The molecular formula is C38H43NO4. The summed E-state index contributed by atoms with van der Waals surface area (Å²) in [6, 6.07) is 38.5. The van der Waals surface area contributed by atoms with E-state index in [0.717, 1.165) is 22.4 Å². The number of benzene rings is 4. The summed E-state index contributed by atoms with van der Waals surface area (Å²) in [4.78, 5) is 0. The van der Waals surface area contributed by atoms with E-state index in [-0.39, 0.29) is 6.04 Å². The number of methoxy groups -OCH3 is 1. The SMILES string of the molecule is C=CC[C@@H](NCc1ccccc1)[C@H](OCc1ccc(OC)cc1)[C@@H](OCc1ccccc1)[C@@H](C=C)OCc1ccccc1. The summed E-state index contributed by atoms with van der Waals surface area (Å²) in [5, 5.41) is 3.74. The lowest BCUT2D eigenvalue weighted by atomic mass is 9.96. The van der Waals surface area contributed by atoms with Crippen molar-refractivity contribution in [3.8, 4) is 5.75 Å². The van der Waals surface area contributed by atoms with Crippen LogP contribution in [0.3, 0.4) is 0 Å². The number of ether oxygens (including phenoxy) is 4. The normalized spacial score (nSPS) is 13.9. The number of hydrogen-bond donors (Lipinski definition) is 1. The molecule has 4 aromatic rings. The van der Waals surface area contributed by atoms with Crippen LogP contribution in [0.2, 0.25) is 0 Å². The van der Waals surface area contributed by atoms with Gasteiger partial charge < -0.3 is 24.3 Å². The van der Waals surface area contributed by atoms with Crippen LogP contribution in [0.4, 0.5) is 0 Å². The minimum Gasteiger partial charge on any atom is -0.497 e. The molecule has 0 aliphatic carbocycles. The van der Waals surface area contributed by atoms with Crippen LogP contribution in [-0.4, -0.2) is 31.5 Å². The Morgan fingerprint density at radius 1 is 0.605 bits per heavy atom. The molecule has 4 aromatic carbocycles. The largest absolute Gasteiger partial charge is 0.497 e. The van der Waals surface area contributed by atoms with Crippen molar-refractivity contribution in [3.05, 3.63) is 163 Å². The molecule has 0 bridgehead atoms. The van der Waals surface area contributed by atoms with Gasteiger partial charge in [0.2, 0.25) is 0 Å². The third-order valence-electron chi connectivity index (χ3n) is 7.28. The fourth-order valence-corrected chi connectivity index (χ4v) is 4.92. The van der Waals surface area contributed by atoms with E-state index in [1.54, 1.807) is 7.11 Å². The minimum absolute atomic E-state index is 0.112. The van der Waals surface area contributed by atoms with Crippen LogP contribution in [0.15, 0.2) is 141 Å². The summed E-state index contributed by atoms with van der Waals surface area (Å²) >= 11 is 0. The zero-order valence-electron chi connectivity index (χ0n) is 25.0. The van der Waals surface area contributed by atoms with Crippen molar-refractivity contribution in [2.45, 2.75) is 57.1 Å².